The van der Waals surface area contributed by atoms with Crippen LogP contribution in [0.15, 0.2) is 60.7 Å². The van der Waals surface area contributed by atoms with Gasteiger partial charge < -0.3 is 14.2 Å². The zero-order valence-electron chi connectivity index (χ0n) is 17.5. The molecule has 0 unspecified atom stereocenters. The van der Waals surface area contributed by atoms with E-state index in [9.17, 15) is 14.4 Å². The molecule has 2 heterocycles. The first-order valence-corrected chi connectivity index (χ1v) is 10.3. The summed E-state index contributed by atoms with van der Waals surface area (Å²) in [5, 5.41) is 0. The summed E-state index contributed by atoms with van der Waals surface area (Å²) >= 11 is 0. The van der Waals surface area contributed by atoms with Crippen molar-refractivity contribution in [3.05, 3.63) is 71.8 Å². The Morgan fingerprint density at radius 3 is 1.68 bits per heavy atom. The van der Waals surface area contributed by atoms with Crippen LogP contribution in [0.1, 0.15) is 40.5 Å². The molecular weight excluding hydrogens is 398 g/mol. The molecular formula is C24H25NO6. The van der Waals surface area contributed by atoms with Crippen LogP contribution in [0.2, 0.25) is 0 Å². The van der Waals surface area contributed by atoms with E-state index >= 15 is 0 Å². The van der Waals surface area contributed by atoms with E-state index in [1.54, 1.807) is 48.5 Å². The second-order valence-electron chi connectivity index (χ2n) is 7.97. The minimum Gasteiger partial charge on any atom is -0.459 e. The molecule has 0 aliphatic carbocycles. The molecule has 0 saturated carbocycles. The fourth-order valence-corrected chi connectivity index (χ4v) is 4.52. The van der Waals surface area contributed by atoms with Crippen LogP contribution in [-0.4, -0.2) is 60.3 Å². The van der Waals surface area contributed by atoms with E-state index < -0.39 is 30.1 Å². The normalized spacial score (nSPS) is 27.4. The summed E-state index contributed by atoms with van der Waals surface area (Å²) in [6.07, 6.45) is -0.663. The lowest BCUT2D eigenvalue weighted by Gasteiger charge is -2.36. The number of ether oxygens (including phenoxy) is 3. The summed E-state index contributed by atoms with van der Waals surface area (Å²) in [4.78, 5) is 39.1. The Morgan fingerprint density at radius 2 is 1.19 bits per heavy atom. The minimum atomic E-state index is -0.646. The van der Waals surface area contributed by atoms with E-state index in [0.717, 1.165) is 0 Å². The number of hydrogen-bond acceptors (Lipinski definition) is 7. The molecule has 0 N–H and O–H groups in total. The van der Waals surface area contributed by atoms with Crippen molar-refractivity contribution in [2.75, 3.05) is 7.05 Å². The quantitative estimate of drug-likeness (QED) is 0.540. The Morgan fingerprint density at radius 1 is 0.742 bits per heavy atom. The van der Waals surface area contributed by atoms with Crippen LogP contribution in [0.4, 0.5) is 0 Å². The standard InChI is InChI=1S/C24H25NO6/c1-15(26)29-21-19-13-18(30-23(27)16-9-5-3-6-10-16)14-20(25(19)2)22(21)31-24(28)17-11-7-4-8-12-17/h3-12,18-22H,13-14H2,1-2H3/t18-,19-,20+,21-,22-/m0/s1. The van der Waals surface area contributed by atoms with Crippen LogP contribution in [-0.2, 0) is 19.0 Å². The molecule has 2 aromatic rings. The Labute approximate surface area is 180 Å². The van der Waals surface area contributed by atoms with E-state index in [1.165, 1.54) is 6.92 Å². The molecule has 7 heteroatoms. The van der Waals surface area contributed by atoms with Gasteiger partial charge in [0.1, 0.15) is 6.10 Å². The number of likely N-dealkylation sites (N-methyl/N-ethyl adjacent to an activating group) is 1. The molecule has 2 aliphatic heterocycles. The fraction of sp³-hybridized carbons (Fsp3) is 0.375. The first-order valence-electron chi connectivity index (χ1n) is 10.3. The first kappa shape index (κ1) is 21.1. The van der Waals surface area contributed by atoms with Crippen LogP contribution in [0.5, 0.6) is 0 Å². The topological polar surface area (TPSA) is 82.1 Å². The third-order valence-electron chi connectivity index (χ3n) is 5.98. The van der Waals surface area contributed by atoms with Gasteiger partial charge in [-0.15, -0.1) is 0 Å². The van der Waals surface area contributed by atoms with Gasteiger partial charge in [-0.2, -0.15) is 0 Å². The molecule has 2 saturated heterocycles. The predicted molar refractivity (Wildman–Crippen MR) is 111 cm³/mol. The molecule has 7 nitrogen and oxygen atoms in total. The maximum atomic E-state index is 12.7. The minimum absolute atomic E-state index is 0.218. The van der Waals surface area contributed by atoms with Gasteiger partial charge in [0.2, 0.25) is 0 Å². The van der Waals surface area contributed by atoms with Crippen molar-refractivity contribution < 1.29 is 28.6 Å². The molecule has 2 aliphatic rings. The average Bonchev–Trinajstić information content (AvgIpc) is 2.90. The molecule has 0 radical (unpaired) electrons. The van der Waals surface area contributed by atoms with Crippen LogP contribution >= 0.6 is 0 Å². The van der Waals surface area contributed by atoms with Crippen LogP contribution in [0.3, 0.4) is 0 Å². The lowest BCUT2D eigenvalue weighted by atomic mass is 10.00. The molecule has 31 heavy (non-hydrogen) atoms. The van der Waals surface area contributed by atoms with Crippen molar-refractivity contribution in [3.63, 3.8) is 0 Å². The number of nitrogens with zero attached hydrogens (tertiary/aromatic N) is 1. The maximum Gasteiger partial charge on any atom is 0.338 e. The first-order chi connectivity index (χ1) is 14.9. The number of hydrogen-bond donors (Lipinski definition) is 0. The zero-order valence-corrected chi connectivity index (χ0v) is 17.5. The SMILES string of the molecule is CC(=O)O[C@@H]1[C@@H](OC(=O)c2ccccc2)[C@H]2C[C@@H](OC(=O)c3ccccc3)C[C@@H]1N2C. The van der Waals surface area contributed by atoms with Crippen molar-refractivity contribution in [2.45, 2.75) is 50.2 Å². The number of esters is 3. The summed E-state index contributed by atoms with van der Waals surface area (Å²) < 4.78 is 17.2. The number of carbonyl (C=O) groups is 3. The maximum absolute atomic E-state index is 12.7. The van der Waals surface area contributed by atoms with E-state index in [1.807, 2.05) is 19.2 Å². The number of piperidine rings is 1. The molecule has 162 valence electrons. The molecule has 2 fully saturated rings. The van der Waals surface area contributed by atoms with Gasteiger partial charge in [-0.25, -0.2) is 9.59 Å². The van der Waals surface area contributed by atoms with E-state index in [-0.39, 0.29) is 18.2 Å². The van der Waals surface area contributed by atoms with Gasteiger partial charge in [0.15, 0.2) is 12.2 Å². The number of fused-ring (bicyclic) bond motifs is 2. The highest BCUT2D eigenvalue weighted by Gasteiger charge is 2.56. The Hall–Kier alpha value is -3.19. The number of rotatable bonds is 5. The fourth-order valence-electron chi connectivity index (χ4n) is 4.52. The summed E-state index contributed by atoms with van der Waals surface area (Å²) in [7, 11) is 1.91. The van der Waals surface area contributed by atoms with Crippen molar-refractivity contribution in [1.29, 1.82) is 0 Å². The lowest BCUT2D eigenvalue weighted by molar-refractivity contribution is -0.152. The van der Waals surface area contributed by atoms with Gasteiger partial charge in [0.05, 0.1) is 23.2 Å². The van der Waals surface area contributed by atoms with Crippen molar-refractivity contribution in [2.24, 2.45) is 0 Å². The number of benzene rings is 2. The smallest absolute Gasteiger partial charge is 0.338 e. The second-order valence-corrected chi connectivity index (χ2v) is 7.97. The zero-order chi connectivity index (χ0) is 22.0. The highest BCUT2D eigenvalue weighted by Crippen LogP contribution is 2.40. The monoisotopic (exact) mass is 423 g/mol. The van der Waals surface area contributed by atoms with Crippen molar-refractivity contribution >= 4 is 17.9 Å². The van der Waals surface area contributed by atoms with Gasteiger partial charge in [-0.3, -0.25) is 9.69 Å². The van der Waals surface area contributed by atoms with E-state index in [2.05, 4.69) is 4.90 Å². The van der Waals surface area contributed by atoms with Gasteiger partial charge in [0, 0.05) is 19.8 Å². The highest BCUT2D eigenvalue weighted by molar-refractivity contribution is 5.90. The van der Waals surface area contributed by atoms with Crippen LogP contribution in [0.25, 0.3) is 0 Å². The number of carbonyl (C=O) groups excluding carboxylic acids is 3. The van der Waals surface area contributed by atoms with E-state index in [4.69, 9.17) is 14.2 Å². The second kappa shape index (κ2) is 8.89. The summed E-state index contributed by atoms with van der Waals surface area (Å²) in [5.41, 5.74) is 0.914. The largest absolute Gasteiger partial charge is 0.459 e. The lowest BCUT2D eigenvalue weighted by Crippen LogP contribution is -2.46. The molecule has 0 spiro atoms. The molecule has 2 bridgehead atoms. The van der Waals surface area contributed by atoms with Gasteiger partial charge in [-0.05, 0) is 31.3 Å². The molecule has 0 amide bonds. The summed E-state index contributed by atoms with van der Waals surface area (Å²) in [5.74, 6) is -1.30. The van der Waals surface area contributed by atoms with E-state index in [0.29, 0.717) is 24.0 Å². The van der Waals surface area contributed by atoms with Gasteiger partial charge >= 0.3 is 17.9 Å². The third kappa shape index (κ3) is 4.46. The molecule has 5 atom stereocenters. The van der Waals surface area contributed by atoms with Gasteiger partial charge in [-0.1, -0.05) is 36.4 Å². The third-order valence-corrected chi connectivity index (χ3v) is 5.98. The summed E-state index contributed by atoms with van der Waals surface area (Å²) in [6.45, 7) is 1.34. The molecule has 0 aromatic heterocycles. The van der Waals surface area contributed by atoms with Crippen molar-refractivity contribution in [1.82, 2.24) is 4.90 Å². The molecule has 4 rings (SSSR count). The van der Waals surface area contributed by atoms with Crippen LogP contribution in [0, 0.1) is 0 Å². The Bertz CT molecular complexity index is 947. The summed E-state index contributed by atoms with van der Waals surface area (Å²) in [6, 6.07) is 17.1. The van der Waals surface area contributed by atoms with Gasteiger partial charge in [0.25, 0.3) is 0 Å². The molecule has 2 aromatic carbocycles. The highest BCUT2D eigenvalue weighted by atomic mass is 16.6. The predicted octanol–water partition coefficient (Wildman–Crippen LogP) is 2.85. The average molecular weight is 423 g/mol. The van der Waals surface area contributed by atoms with Crippen molar-refractivity contribution in [3.8, 4) is 0 Å². The van der Waals surface area contributed by atoms with Crippen LogP contribution < -0.4 is 0 Å². The Kier molecular flexibility index (Phi) is 6.04. The Balaban J connectivity index is 1.52.